The van der Waals surface area contributed by atoms with E-state index in [-0.39, 0.29) is 6.79 Å². The maximum atomic E-state index is 6.51. The van der Waals surface area contributed by atoms with Crippen LogP contribution in [0.1, 0.15) is 22.3 Å². The standard InChI is InChI=1S/C35H38O9/c1-36-26-9-7-8-22(14-26)12-13-25-19-29(28(38-3)20-27(25)37-2)44-33-18-24(17-32-35(33)43-21-42-32)11-10-23-15-30(39-4)34(41-6)31(16-23)40-5/h7-9,14-20H,10-13,21H2,1-6H3. The van der Waals surface area contributed by atoms with Crippen LogP contribution in [0.15, 0.2) is 60.7 Å². The summed E-state index contributed by atoms with van der Waals surface area (Å²) in [5, 5.41) is 0. The highest BCUT2D eigenvalue weighted by atomic mass is 16.7. The van der Waals surface area contributed by atoms with Crippen LogP contribution in [0.4, 0.5) is 0 Å². The third-order valence-electron chi connectivity index (χ3n) is 7.53. The molecule has 0 atom stereocenters. The molecule has 0 amide bonds. The fourth-order valence-corrected chi connectivity index (χ4v) is 5.25. The molecule has 0 saturated carbocycles. The molecule has 0 aromatic heterocycles. The zero-order chi connectivity index (χ0) is 31.1. The molecule has 0 unspecified atom stereocenters. The summed E-state index contributed by atoms with van der Waals surface area (Å²) in [4.78, 5) is 0. The van der Waals surface area contributed by atoms with E-state index < -0.39 is 0 Å². The lowest BCUT2D eigenvalue weighted by Gasteiger charge is -2.17. The normalized spacial score (nSPS) is 11.6. The first-order valence-electron chi connectivity index (χ1n) is 14.3. The zero-order valence-corrected chi connectivity index (χ0v) is 26.0. The number of fused-ring (bicyclic) bond motifs is 1. The minimum atomic E-state index is 0.119. The first-order chi connectivity index (χ1) is 21.5. The lowest BCUT2D eigenvalue weighted by molar-refractivity contribution is 0.171. The Bertz CT molecular complexity index is 1570. The van der Waals surface area contributed by atoms with Crippen LogP contribution in [0, 0.1) is 0 Å². The Kier molecular flexibility index (Phi) is 9.74. The lowest BCUT2D eigenvalue weighted by Crippen LogP contribution is -2.00. The van der Waals surface area contributed by atoms with E-state index in [2.05, 4.69) is 6.07 Å². The molecule has 1 aliphatic heterocycles. The molecule has 1 aliphatic rings. The van der Waals surface area contributed by atoms with Crippen LogP contribution < -0.4 is 42.6 Å². The van der Waals surface area contributed by atoms with Gasteiger partial charge in [-0.2, -0.15) is 0 Å². The van der Waals surface area contributed by atoms with E-state index in [1.807, 2.05) is 54.6 Å². The lowest BCUT2D eigenvalue weighted by atomic mass is 10.0. The monoisotopic (exact) mass is 602 g/mol. The first-order valence-corrected chi connectivity index (χ1v) is 14.3. The van der Waals surface area contributed by atoms with Gasteiger partial charge >= 0.3 is 0 Å². The van der Waals surface area contributed by atoms with Crippen LogP contribution >= 0.6 is 0 Å². The van der Waals surface area contributed by atoms with Gasteiger partial charge in [-0.25, -0.2) is 0 Å². The van der Waals surface area contributed by atoms with Gasteiger partial charge in [0.1, 0.15) is 11.5 Å². The molecular formula is C35H38O9. The van der Waals surface area contributed by atoms with Crippen LogP contribution in [0.5, 0.6) is 57.5 Å². The number of rotatable bonds is 14. The maximum absolute atomic E-state index is 6.51. The largest absolute Gasteiger partial charge is 0.497 e. The van der Waals surface area contributed by atoms with Crippen LogP contribution in [0.2, 0.25) is 0 Å². The molecule has 0 fully saturated rings. The Morgan fingerprint density at radius 3 is 1.84 bits per heavy atom. The van der Waals surface area contributed by atoms with E-state index in [1.54, 1.807) is 42.7 Å². The van der Waals surface area contributed by atoms with Crippen molar-refractivity contribution in [3.05, 3.63) is 82.9 Å². The molecule has 232 valence electrons. The summed E-state index contributed by atoms with van der Waals surface area (Å²) in [6.07, 6.45) is 2.94. The van der Waals surface area contributed by atoms with Crippen LogP contribution in [-0.2, 0) is 25.7 Å². The van der Waals surface area contributed by atoms with Gasteiger partial charge < -0.3 is 42.6 Å². The van der Waals surface area contributed by atoms with E-state index in [0.29, 0.717) is 52.4 Å². The van der Waals surface area contributed by atoms with Crippen molar-refractivity contribution >= 4 is 0 Å². The third kappa shape index (κ3) is 6.67. The number of ether oxygens (including phenoxy) is 9. The van der Waals surface area contributed by atoms with Gasteiger partial charge in [-0.3, -0.25) is 0 Å². The molecule has 0 saturated heterocycles. The molecule has 0 N–H and O–H groups in total. The highest BCUT2D eigenvalue weighted by Gasteiger charge is 2.23. The second-order valence-corrected chi connectivity index (χ2v) is 10.1. The summed E-state index contributed by atoms with van der Waals surface area (Å²) in [7, 11) is 9.74. The van der Waals surface area contributed by atoms with Crippen LogP contribution in [0.25, 0.3) is 0 Å². The van der Waals surface area contributed by atoms with Gasteiger partial charge in [-0.1, -0.05) is 12.1 Å². The number of aryl methyl sites for hydroxylation is 4. The van der Waals surface area contributed by atoms with Crippen molar-refractivity contribution < 1.29 is 42.6 Å². The highest BCUT2D eigenvalue weighted by molar-refractivity contribution is 5.59. The molecule has 0 bridgehead atoms. The van der Waals surface area contributed by atoms with E-state index >= 15 is 0 Å². The van der Waals surface area contributed by atoms with Gasteiger partial charge in [0.15, 0.2) is 34.5 Å². The molecule has 9 nitrogen and oxygen atoms in total. The molecule has 0 spiro atoms. The Labute approximate surface area is 258 Å². The number of methoxy groups -OCH3 is 6. The molecule has 4 aromatic carbocycles. The average molecular weight is 603 g/mol. The average Bonchev–Trinajstić information content (AvgIpc) is 3.55. The van der Waals surface area contributed by atoms with E-state index in [4.69, 9.17) is 42.6 Å². The Morgan fingerprint density at radius 1 is 0.523 bits per heavy atom. The quantitative estimate of drug-likeness (QED) is 0.154. The first kappa shape index (κ1) is 30.5. The number of hydrogen-bond donors (Lipinski definition) is 0. The zero-order valence-electron chi connectivity index (χ0n) is 26.0. The van der Waals surface area contributed by atoms with Crippen molar-refractivity contribution in [2.45, 2.75) is 25.7 Å². The van der Waals surface area contributed by atoms with Gasteiger partial charge in [-0.15, -0.1) is 0 Å². The molecule has 9 heteroatoms. The van der Waals surface area contributed by atoms with Crippen molar-refractivity contribution in [2.24, 2.45) is 0 Å². The number of benzene rings is 4. The fourth-order valence-electron chi connectivity index (χ4n) is 5.25. The van der Waals surface area contributed by atoms with E-state index in [0.717, 1.165) is 53.0 Å². The Hall–Kier alpha value is -4.92. The highest BCUT2D eigenvalue weighted by Crippen LogP contribution is 2.47. The minimum absolute atomic E-state index is 0.119. The van der Waals surface area contributed by atoms with Crippen molar-refractivity contribution in [3.63, 3.8) is 0 Å². The Balaban J connectivity index is 1.41. The molecule has 0 radical (unpaired) electrons. The summed E-state index contributed by atoms with van der Waals surface area (Å²) in [5.74, 6) is 6.17. The summed E-state index contributed by atoms with van der Waals surface area (Å²) in [5.41, 5.74) is 4.20. The molecule has 5 rings (SSSR count). The minimum Gasteiger partial charge on any atom is -0.497 e. The SMILES string of the molecule is COc1cccc(CCc2cc(Oc3cc(CCc4cc(OC)c(OC)c(OC)c4)cc4c3OCO4)c(OC)cc2OC)c1. The van der Waals surface area contributed by atoms with E-state index in [9.17, 15) is 0 Å². The third-order valence-corrected chi connectivity index (χ3v) is 7.53. The van der Waals surface area contributed by atoms with Gasteiger partial charge in [0.2, 0.25) is 18.3 Å². The van der Waals surface area contributed by atoms with Crippen molar-refractivity contribution in [1.29, 1.82) is 0 Å². The number of hydrogen-bond acceptors (Lipinski definition) is 9. The Morgan fingerprint density at radius 2 is 1.18 bits per heavy atom. The fraction of sp³-hybridized carbons (Fsp3) is 0.314. The predicted octanol–water partition coefficient (Wildman–Crippen LogP) is 6.83. The van der Waals surface area contributed by atoms with Gasteiger partial charge in [-0.05, 0) is 90.4 Å². The second-order valence-electron chi connectivity index (χ2n) is 10.1. The molecular weight excluding hydrogens is 564 g/mol. The van der Waals surface area contributed by atoms with Crippen LogP contribution in [0.3, 0.4) is 0 Å². The summed E-state index contributed by atoms with van der Waals surface area (Å²) in [6.45, 7) is 0.119. The van der Waals surface area contributed by atoms with Crippen LogP contribution in [-0.4, -0.2) is 49.5 Å². The van der Waals surface area contributed by atoms with E-state index in [1.165, 1.54) is 0 Å². The summed E-state index contributed by atoms with van der Waals surface area (Å²) < 4.78 is 51.4. The van der Waals surface area contributed by atoms with Gasteiger partial charge in [0, 0.05) is 6.07 Å². The molecule has 44 heavy (non-hydrogen) atoms. The predicted molar refractivity (Wildman–Crippen MR) is 166 cm³/mol. The molecule has 4 aromatic rings. The maximum Gasteiger partial charge on any atom is 0.231 e. The van der Waals surface area contributed by atoms with Crippen molar-refractivity contribution in [1.82, 2.24) is 0 Å². The molecule has 0 aliphatic carbocycles. The van der Waals surface area contributed by atoms with Crippen molar-refractivity contribution in [3.8, 4) is 57.5 Å². The topological polar surface area (TPSA) is 83.1 Å². The summed E-state index contributed by atoms with van der Waals surface area (Å²) in [6, 6.07) is 19.7. The summed E-state index contributed by atoms with van der Waals surface area (Å²) >= 11 is 0. The van der Waals surface area contributed by atoms with Gasteiger partial charge in [0.05, 0.1) is 42.7 Å². The second kappa shape index (κ2) is 14.0. The van der Waals surface area contributed by atoms with Crippen molar-refractivity contribution in [2.75, 3.05) is 49.5 Å². The smallest absolute Gasteiger partial charge is 0.231 e. The molecule has 1 heterocycles. The van der Waals surface area contributed by atoms with Gasteiger partial charge in [0.25, 0.3) is 0 Å².